The van der Waals surface area contributed by atoms with Crippen molar-refractivity contribution in [3.05, 3.63) is 22.8 Å². The first-order valence-corrected chi connectivity index (χ1v) is 10.3. The van der Waals surface area contributed by atoms with Gasteiger partial charge in [-0.05, 0) is 38.0 Å². The molecule has 0 fully saturated rings. The van der Waals surface area contributed by atoms with Crippen molar-refractivity contribution in [1.29, 1.82) is 0 Å². The lowest BCUT2D eigenvalue weighted by atomic mass is 9.81. The lowest BCUT2D eigenvalue weighted by Crippen LogP contribution is -2.18. The van der Waals surface area contributed by atoms with E-state index < -0.39 is 11.9 Å². The summed E-state index contributed by atoms with van der Waals surface area (Å²) in [5.41, 5.74) is 0.881. The Labute approximate surface area is 159 Å². The normalized spacial score (nSPS) is 14.1. The van der Waals surface area contributed by atoms with Gasteiger partial charge < -0.3 is 10.2 Å². The minimum atomic E-state index is -1.13. The molecular weight excluding hydrogens is 328 g/mol. The van der Waals surface area contributed by atoms with Crippen molar-refractivity contribution in [2.24, 2.45) is 5.92 Å². The van der Waals surface area contributed by atoms with Crippen LogP contribution in [-0.4, -0.2) is 22.2 Å². The van der Waals surface area contributed by atoms with Crippen molar-refractivity contribution < 1.29 is 19.8 Å². The van der Waals surface area contributed by atoms with Gasteiger partial charge in [-0.2, -0.15) is 0 Å². The van der Waals surface area contributed by atoms with Gasteiger partial charge in [-0.1, -0.05) is 77.9 Å². The van der Waals surface area contributed by atoms with Gasteiger partial charge in [0, 0.05) is 0 Å². The highest BCUT2D eigenvalue weighted by Crippen LogP contribution is 2.33. The van der Waals surface area contributed by atoms with E-state index in [-0.39, 0.29) is 17.1 Å². The fourth-order valence-corrected chi connectivity index (χ4v) is 3.36. The average Bonchev–Trinajstić information content (AvgIpc) is 2.60. The van der Waals surface area contributed by atoms with E-state index in [9.17, 15) is 19.8 Å². The molecular formula is C22H38O4. The average molecular weight is 367 g/mol. The van der Waals surface area contributed by atoms with Crippen LogP contribution in [0.2, 0.25) is 0 Å². The van der Waals surface area contributed by atoms with Crippen LogP contribution in [-0.2, 0) is 9.59 Å². The minimum Gasteiger partial charge on any atom is -0.478 e. The molecule has 0 amide bonds. The van der Waals surface area contributed by atoms with Gasteiger partial charge in [-0.25, -0.2) is 9.59 Å². The molecule has 0 saturated carbocycles. The number of carboxylic acids is 2. The first-order valence-electron chi connectivity index (χ1n) is 10.3. The molecule has 2 N–H and O–H groups in total. The van der Waals surface area contributed by atoms with Crippen LogP contribution < -0.4 is 0 Å². The topological polar surface area (TPSA) is 74.6 Å². The molecule has 150 valence electrons. The van der Waals surface area contributed by atoms with E-state index in [2.05, 4.69) is 20.8 Å². The summed E-state index contributed by atoms with van der Waals surface area (Å²) in [6, 6.07) is 0. The van der Waals surface area contributed by atoms with Crippen LogP contribution in [0.5, 0.6) is 0 Å². The summed E-state index contributed by atoms with van der Waals surface area (Å²) < 4.78 is 0. The van der Waals surface area contributed by atoms with E-state index in [4.69, 9.17) is 0 Å². The van der Waals surface area contributed by atoms with E-state index in [0.717, 1.165) is 63.4 Å². The van der Waals surface area contributed by atoms with Crippen LogP contribution >= 0.6 is 0 Å². The summed E-state index contributed by atoms with van der Waals surface area (Å²) in [5, 5.41) is 19.6. The molecule has 0 rings (SSSR count). The Kier molecular flexibility index (Phi) is 13.7. The smallest absolute Gasteiger partial charge is 0.336 e. The van der Waals surface area contributed by atoms with E-state index in [0.29, 0.717) is 12.8 Å². The summed E-state index contributed by atoms with van der Waals surface area (Å²) in [4.78, 5) is 23.9. The summed E-state index contributed by atoms with van der Waals surface area (Å²) in [6.07, 6.45) is 11.5. The molecule has 0 saturated heterocycles. The third kappa shape index (κ3) is 8.68. The van der Waals surface area contributed by atoms with Crippen molar-refractivity contribution in [2.45, 2.75) is 98.3 Å². The van der Waals surface area contributed by atoms with Gasteiger partial charge in [0.25, 0.3) is 0 Å². The van der Waals surface area contributed by atoms with E-state index in [1.54, 1.807) is 6.08 Å². The fraction of sp³-hybridized carbons (Fsp3) is 0.727. The van der Waals surface area contributed by atoms with Gasteiger partial charge in [0.05, 0.1) is 11.1 Å². The highest BCUT2D eigenvalue weighted by molar-refractivity contribution is 6.06. The Morgan fingerprint density at radius 2 is 1.42 bits per heavy atom. The van der Waals surface area contributed by atoms with Crippen LogP contribution in [0.3, 0.4) is 0 Å². The van der Waals surface area contributed by atoms with E-state index in [1.807, 2.05) is 6.92 Å². The molecule has 0 bridgehead atoms. The molecule has 4 nitrogen and oxygen atoms in total. The maximum Gasteiger partial charge on any atom is 0.336 e. The van der Waals surface area contributed by atoms with Crippen LogP contribution in [0.25, 0.3) is 0 Å². The standard InChI is InChI=1S/C22H38O4/c1-5-9-12-16-19(21(23)24)20(22(25)26)18(15-11-7-3)17(13-8-4)14-10-6-2/h16-17H,5-15H2,1-4H3,(H,23,24)(H,25,26). The fourth-order valence-electron chi connectivity index (χ4n) is 3.36. The summed E-state index contributed by atoms with van der Waals surface area (Å²) >= 11 is 0. The molecule has 0 radical (unpaired) electrons. The number of carbonyl (C=O) groups is 2. The third-order valence-corrected chi connectivity index (χ3v) is 4.78. The molecule has 0 heterocycles. The van der Waals surface area contributed by atoms with Crippen molar-refractivity contribution in [1.82, 2.24) is 0 Å². The first kappa shape index (κ1) is 24.4. The van der Waals surface area contributed by atoms with Crippen molar-refractivity contribution in [2.75, 3.05) is 0 Å². The molecule has 0 aromatic carbocycles. The van der Waals surface area contributed by atoms with Crippen molar-refractivity contribution >= 4 is 11.9 Å². The first-order chi connectivity index (χ1) is 12.4. The molecule has 0 aliphatic heterocycles. The molecule has 1 unspecified atom stereocenters. The molecule has 4 heteroatoms. The van der Waals surface area contributed by atoms with Gasteiger partial charge in [0.1, 0.15) is 0 Å². The Balaban J connectivity index is 6.21. The van der Waals surface area contributed by atoms with Crippen LogP contribution in [0.15, 0.2) is 22.8 Å². The highest BCUT2D eigenvalue weighted by atomic mass is 16.4. The molecule has 0 aromatic heterocycles. The summed E-state index contributed by atoms with van der Waals surface area (Å²) in [6.45, 7) is 8.35. The number of allylic oxidation sites excluding steroid dienone is 2. The SMILES string of the molecule is CCCCC=C(C(=O)O)C(C(=O)O)=C(CCCC)C(CCC)CCCC. The minimum absolute atomic E-state index is 0.0188. The molecule has 0 spiro atoms. The summed E-state index contributed by atoms with van der Waals surface area (Å²) in [7, 11) is 0. The van der Waals surface area contributed by atoms with Gasteiger partial charge in [-0.15, -0.1) is 0 Å². The molecule has 0 aliphatic carbocycles. The number of unbranched alkanes of at least 4 members (excludes halogenated alkanes) is 4. The maximum absolute atomic E-state index is 12.1. The second-order valence-electron chi connectivity index (χ2n) is 7.00. The number of carboxylic acid groups (broad SMARTS) is 2. The second-order valence-corrected chi connectivity index (χ2v) is 7.00. The number of aliphatic carboxylic acids is 2. The molecule has 26 heavy (non-hydrogen) atoms. The number of rotatable bonds is 15. The monoisotopic (exact) mass is 366 g/mol. The zero-order valence-corrected chi connectivity index (χ0v) is 17.1. The lowest BCUT2D eigenvalue weighted by Gasteiger charge is -2.23. The van der Waals surface area contributed by atoms with Crippen LogP contribution in [0.1, 0.15) is 98.3 Å². The Morgan fingerprint density at radius 1 is 0.808 bits per heavy atom. The zero-order chi connectivity index (χ0) is 19.9. The van der Waals surface area contributed by atoms with Crippen LogP contribution in [0.4, 0.5) is 0 Å². The quantitative estimate of drug-likeness (QED) is 0.201. The van der Waals surface area contributed by atoms with Gasteiger partial charge in [0.15, 0.2) is 0 Å². The number of hydrogen-bond acceptors (Lipinski definition) is 2. The summed E-state index contributed by atoms with van der Waals surface area (Å²) in [5.74, 6) is -2.07. The Hall–Kier alpha value is -1.58. The highest BCUT2D eigenvalue weighted by Gasteiger charge is 2.27. The maximum atomic E-state index is 12.1. The predicted molar refractivity (Wildman–Crippen MR) is 107 cm³/mol. The van der Waals surface area contributed by atoms with Gasteiger partial charge >= 0.3 is 11.9 Å². The van der Waals surface area contributed by atoms with E-state index in [1.165, 1.54) is 0 Å². The van der Waals surface area contributed by atoms with E-state index >= 15 is 0 Å². The predicted octanol–water partition coefficient (Wildman–Crippen LogP) is 6.37. The van der Waals surface area contributed by atoms with Crippen LogP contribution in [0, 0.1) is 5.92 Å². The number of hydrogen-bond donors (Lipinski definition) is 2. The lowest BCUT2D eigenvalue weighted by molar-refractivity contribution is -0.136. The molecule has 1 atom stereocenters. The largest absolute Gasteiger partial charge is 0.478 e. The zero-order valence-electron chi connectivity index (χ0n) is 17.1. The third-order valence-electron chi connectivity index (χ3n) is 4.78. The second kappa shape index (κ2) is 14.6. The molecule has 0 aromatic rings. The Morgan fingerprint density at radius 3 is 1.88 bits per heavy atom. The Bertz CT molecular complexity index is 488. The molecule has 0 aliphatic rings. The van der Waals surface area contributed by atoms with Gasteiger partial charge in [0.2, 0.25) is 0 Å². The van der Waals surface area contributed by atoms with Gasteiger partial charge in [-0.3, -0.25) is 0 Å². The van der Waals surface area contributed by atoms with Crippen molar-refractivity contribution in [3.8, 4) is 0 Å². The van der Waals surface area contributed by atoms with Crippen molar-refractivity contribution in [3.63, 3.8) is 0 Å².